The Labute approximate surface area is 175 Å². The van der Waals surface area contributed by atoms with Crippen molar-refractivity contribution in [3.05, 3.63) is 95.3 Å². The second-order valence-corrected chi connectivity index (χ2v) is 7.09. The predicted molar refractivity (Wildman–Crippen MR) is 115 cm³/mol. The molecule has 0 atom stereocenters. The molecular weight excluding hydrogens is 376 g/mol. The van der Waals surface area contributed by atoms with Crippen molar-refractivity contribution >= 4 is 17.5 Å². The molecule has 0 saturated heterocycles. The van der Waals surface area contributed by atoms with E-state index in [1.54, 1.807) is 35.2 Å². The Morgan fingerprint density at radius 1 is 1.07 bits per heavy atom. The number of carbonyl (C=O) groups is 2. The molecule has 3 aromatic rings. The van der Waals surface area contributed by atoms with Gasteiger partial charge in [0.15, 0.2) is 0 Å². The van der Waals surface area contributed by atoms with Gasteiger partial charge in [-0.15, -0.1) is 0 Å². The minimum absolute atomic E-state index is 0.0122. The summed E-state index contributed by atoms with van der Waals surface area (Å²) in [6.45, 7) is 4.40. The number of anilines is 1. The van der Waals surface area contributed by atoms with Crippen molar-refractivity contribution in [2.75, 3.05) is 5.32 Å². The highest BCUT2D eigenvalue weighted by Crippen LogP contribution is 2.15. The first kappa shape index (κ1) is 20.7. The normalized spacial score (nSPS) is 10.3. The van der Waals surface area contributed by atoms with E-state index in [0.717, 1.165) is 5.56 Å². The van der Waals surface area contributed by atoms with Crippen molar-refractivity contribution in [2.45, 2.75) is 26.4 Å². The summed E-state index contributed by atoms with van der Waals surface area (Å²) in [7, 11) is 0. The fourth-order valence-corrected chi connectivity index (χ4v) is 2.95. The van der Waals surface area contributed by atoms with Gasteiger partial charge in [0.25, 0.3) is 11.8 Å². The summed E-state index contributed by atoms with van der Waals surface area (Å²) in [4.78, 5) is 31.6. The SMILES string of the molecule is CC(C)N(Cc1ccccc1)C(=O)c1ccnc(C(=O)Nc2ccc(C#N)cc2)c1. The summed E-state index contributed by atoms with van der Waals surface area (Å²) in [5, 5.41) is 11.6. The molecule has 0 spiro atoms. The summed E-state index contributed by atoms with van der Waals surface area (Å²) in [5.41, 5.74) is 2.64. The number of nitrogens with zero attached hydrogens (tertiary/aromatic N) is 3. The third-order valence-electron chi connectivity index (χ3n) is 4.59. The number of pyridine rings is 1. The lowest BCUT2D eigenvalue weighted by Crippen LogP contribution is -2.36. The van der Waals surface area contributed by atoms with E-state index in [-0.39, 0.29) is 17.6 Å². The van der Waals surface area contributed by atoms with Crippen LogP contribution < -0.4 is 5.32 Å². The molecule has 0 saturated carbocycles. The molecule has 0 aliphatic carbocycles. The number of nitrogens with one attached hydrogen (secondary N) is 1. The highest BCUT2D eigenvalue weighted by atomic mass is 16.2. The van der Waals surface area contributed by atoms with Crippen LogP contribution in [0.2, 0.25) is 0 Å². The standard InChI is InChI=1S/C24H22N4O2/c1-17(2)28(16-19-6-4-3-5-7-19)24(30)20-12-13-26-22(14-20)23(29)27-21-10-8-18(15-25)9-11-21/h3-14,17H,16H2,1-2H3,(H,27,29). The van der Waals surface area contributed by atoms with Crippen LogP contribution in [0.1, 0.15) is 45.8 Å². The summed E-state index contributed by atoms with van der Waals surface area (Å²) >= 11 is 0. The first-order chi connectivity index (χ1) is 14.5. The van der Waals surface area contributed by atoms with Gasteiger partial charge in [-0.05, 0) is 55.8 Å². The minimum atomic E-state index is -0.423. The number of benzene rings is 2. The van der Waals surface area contributed by atoms with Gasteiger partial charge >= 0.3 is 0 Å². The monoisotopic (exact) mass is 398 g/mol. The molecule has 1 heterocycles. The van der Waals surface area contributed by atoms with Gasteiger partial charge in [0, 0.05) is 30.0 Å². The Kier molecular flexibility index (Phi) is 6.56. The van der Waals surface area contributed by atoms with Crippen LogP contribution in [0.3, 0.4) is 0 Å². The molecule has 0 radical (unpaired) electrons. The van der Waals surface area contributed by atoms with Crippen molar-refractivity contribution in [2.24, 2.45) is 0 Å². The van der Waals surface area contributed by atoms with Crippen molar-refractivity contribution in [3.8, 4) is 6.07 Å². The zero-order valence-corrected chi connectivity index (χ0v) is 16.9. The Hall–Kier alpha value is -3.98. The quantitative estimate of drug-likeness (QED) is 0.672. The van der Waals surface area contributed by atoms with Crippen LogP contribution >= 0.6 is 0 Å². The molecule has 0 fully saturated rings. The van der Waals surface area contributed by atoms with E-state index < -0.39 is 5.91 Å². The lowest BCUT2D eigenvalue weighted by molar-refractivity contribution is 0.0690. The van der Waals surface area contributed by atoms with Crippen molar-refractivity contribution in [3.63, 3.8) is 0 Å². The second kappa shape index (κ2) is 9.48. The van der Waals surface area contributed by atoms with Crippen LogP contribution in [-0.4, -0.2) is 27.7 Å². The van der Waals surface area contributed by atoms with Crippen molar-refractivity contribution < 1.29 is 9.59 Å². The first-order valence-electron chi connectivity index (χ1n) is 9.60. The van der Waals surface area contributed by atoms with E-state index in [4.69, 9.17) is 5.26 Å². The van der Waals surface area contributed by atoms with Gasteiger partial charge in [0.05, 0.1) is 11.6 Å². The van der Waals surface area contributed by atoms with E-state index >= 15 is 0 Å². The summed E-state index contributed by atoms with van der Waals surface area (Å²) in [6.07, 6.45) is 1.46. The zero-order chi connectivity index (χ0) is 21.5. The van der Waals surface area contributed by atoms with E-state index in [9.17, 15) is 9.59 Å². The molecule has 6 nitrogen and oxygen atoms in total. The number of rotatable bonds is 6. The molecular formula is C24H22N4O2. The molecule has 1 N–H and O–H groups in total. The summed E-state index contributed by atoms with van der Waals surface area (Å²) in [6, 6.07) is 21.4. The van der Waals surface area contributed by atoms with Gasteiger partial charge in [0.2, 0.25) is 0 Å². The number of hydrogen-bond donors (Lipinski definition) is 1. The maximum atomic E-state index is 13.1. The van der Waals surface area contributed by atoms with E-state index in [0.29, 0.717) is 23.4 Å². The molecule has 0 aliphatic rings. The van der Waals surface area contributed by atoms with Gasteiger partial charge < -0.3 is 10.2 Å². The van der Waals surface area contributed by atoms with Crippen molar-refractivity contribution in [1.82, 2.24) is 9.88 Å². The third kappa shape index (κ3) is 5.09. The molecule has 1 aromatic heterocycles. The average Bonchev–Trinajstić information content (AvgIpc) is 2.78. The van der Waals surface area contributed by atoms with Crippen LogP contribution in [-0.2, 0) is 6.54 Å². The molecule has 0 aliphatic heterocycles. The Bertz CT molecular complexity index is 1070. The van der Waals surface area contributed by atoms with Gasteiger partial charge in [-0.25, -0.2) is 0 Å². The van der Waals surface area contributed by atoms with Crippen molar-refractivity contribution in [1.29, 1.82) is 5.26 Å². The second-order valence-electron chi connectivity index (χ2n) is 7.09. The lowest BCUT2D eigenvalue weighted by atomic mass is 10.1. The maximum absolute atomic E-state index is 13.1. The number of carbonyl (C=O) groups excluding carboxylic acids is 2. The largest absolute Gasteiger partial charge is 0.332 e. The van der Waals surface area contributed by atoms with Crippen LogP contribution in [0.5, 0.6) is 0 Å². The van der Waals surface area contributed by atoms with Gasteiger partial charge in [0.1, 0.15) is 5.69 Å². The molecule has 0 unspecified atom stereocenters. The zero-order valence-electron chi connectivity index (χ0n) is 16.9. The summed E-state index contributed by atoms with van der Waals surface area (Å²) in [5.74, 6) is -0.586. The highest BCUT2D eigenvalue weighted by molar-refractivity contribution is 6.04. The van der Waals surface area contributed by atoms with Crippen LogP contribution in [0.4, 0.5) is 5.69 Å². The van der Waals surface area contributed by atoms with E-state index in [1.165, 1.54) is 12.3 Å². The topological polar surface area (TPSA) is 86.1 Å². The number of nitriles is 1. The Morgan fingerprint density at radius 3 is 2.40 bits per heavy atom. The molecule has 2 amide bonds. The minimum Gasteiger partial charge on any atom is -0.332 e. The van der Waals surface area contributed by atoms with Gasteiger partial charge in [-0.3, -0.25) is 14.6 Å². The third-order valence-corrected chi connectivity index (χ3v) is 4.59. The number of aromatic nitrogens is 1. The lowest BCUT2D eigenvalue weighted by Gasteiger charge is -2.27. The number of hydrogen-bond acceptors (Lipinski definition) is 4. The van der Waals surface area contributed by atoms with Crippen LogP contribution in [0, 0.1) is 11.3 Å². The van der Waals surface area contributed by atoms with Gasteiger partial charge in [-0.2, -0.15) is 5.26 Å². The average molecular weight is 398 g/mol. The van der Waals surface area contributed by atoms with Gasteiger partial charge in [-0.1, -0.05) is 30.3 Å². The van der Waals surface area contributed by atoms with E-state index in [2.05, 4.69) is 10.3 Å². The first-order valence-corrected chi connectivity index (χ1v) is 9.60. The van der Waals surface area contributed by atoms with E-state index in [1.807, 2.05) is 50.2 Å². The van der Waals surface area contributed by atoms with Crippen LogP contribution in [0.25, 0.3) is 0 Å². The Morgan fingerprint density at radius 2 is 1.77 bits per heavy atom. The molecule has 30 heavy (non-hydrogen) atoms. The predicted octanol–water partition coefficient (Wildman–Crippen LogP) is 4.26. The smallest absolute Gasteiger partial charge is 0.274 e. The highest BCUT2D eigenvalue weighted by Gasteiger charge is 2.20. The molecule has 3 rings (SSSR count). The maximum Gasteiger partial charge on any atom is 0.274 e. The molecule has 150 valence electrons. The fraction of sp³-hybridized carbons (Fsp3) is 0.167. The molecule has 0 bridgehead atoms. The Balaban J connectivity index is 1.77. The fourth-order valence-electron chi connectivity index (χ4n) is 2.95. The summed E-state index contributed by atoms with van der Waals surface area (Å²) < 4.78 is 0. The number of amides is 2. The molecule has 2 aromatic carbocycles. The van der Waals surface area contributed by atoms with Crippen LogP contribution in [0.15, 0.2) is 72.9 Å². The molecule has 6 heteroatoms.